The van der Waals surface area contributed by atoms with E-state index in [1.165, 1.54) is 4.88 Å². The highest BCUT2D eigenvalue weighted by atomic mass is 79.9. The van der Waals surface area contributed by atoms with E-state index in [2.05, 4.69) is 55.0 Å². The Morgan fingerprint density at radius 3 is 2.95 bits per heavy atom. The van der Waals surface area contributed by atoms with Crippen LogP contribution in [0.4, 0.5) is 0 Å². The quantitative estimate of drug-likeness (QED) is 0.639. The predicted molar refractivity (Wildman–Crippen MR) is 86.9 cm³/mol. The summed E-state index contributed by atoms with van der Waals surface area (Å²) >= 11 is 5.18. The third kappa shape index (κ3) is 4.35. The van der Waals surface area contributed by atoms with Gasteiger partial charge in [-0.25, -0.2) is 4.99 Å². The smallest absolute Gasteiger partial charge is 0.191 e. The van der Waals surface area contributed by atoms with E-state index in [-0.39, 0.29) is 0 Å². The number of thiophene rings is 1. The van der Waals surface area contributed by atoms with Crippen LogP contribution in [0.1, 0.15) is 17.5 Å². The van der Waals surface area contributed by atoms with Crippen molar-refractivity contribution in [2.24, 2.45) is 12.0 Å². The summed E-state index contributed by atoms with van der Waals surface area (Å²) in [6.45, 7) is 4.28. The molecule has 7 heteroatoms. The van der Waals surface area contributed by atoms with Gasteiger partial charge in [0.25, 0.3) is 0 Å². The lowest BCUT2D eigenvalue weighted by atomic mass is 10.4. The highest BCUT2D eigenvalue weighted by Gasteiger charge is 2.02. The van der Waals surface area contributed by atoms with Gasteiger partial charge in [0.2, 0.25) is 0 Å². The Bertz CT molecular complexity index is 575. The molecule has 0 aliphatic heterocycles. The molecule has 2 heterocycles. The predicted octanol–water partition coefficient (Wildman–Crippen LogP) is 2.50. The molecule has 0 saturated heterocycles. The summed E-state index contributed by atoms with van der Waals surface area (Å²) < 4.78 is 2.96. The maximum absolute atomic E-state index is 4.57. The second kappa shape index (κ2) is 7.44. The van der Waals surface area contributed by atoms with Crippen molar-refractivity contribution in [3.05, 3.63) is 38.8 Å². The Hall–Kier alpha value is -1.34. The van der Waals surface area contributed by atoms with Crippen molar-refractivity contribution in [2.45, 2.75) is 20.0 Å². The largest absolute Gasteiger partial charge is 0.357 e. The molecule has 0 unspecified atom stereocenters. The van der Waals surface area contributed by atoms with Gasteiger partial charge in [0.1, 0.15) is 0 Å². The second-order valence-corrected chi connectivity index (χ2v) is 6.14. The normalized spacial score (nSPS) is 11.7. The highest BCUT2D eigenvalue weighted by Crippen LogP contribution is 2.19. The van der Waals surface area contributed by atoms with Crippen LogP contribution in [0.5, 0.6) is 0 Å². The summed E-state index contributed by atoms with van der Waals surface area (Å²) in [6, 6.07) is 4.09. The third-order valence-corrected chi connectivity index (χ3v) is 4.42. The third-order valence-electron chi connectivity index (χ3n) is 2.72. The molecule has 2 aromatic heterocycles. The Kier molecular flexibility index (Phi) is 5.60. The van der Waals surface area contributed by atoms with Crippen LogP contribution in [0, 0.1) is 0 Å². The van der Waals surface area contributed by atoms with Crippen LogP contribution in [0.2, 0.25) is 0 Å². The number of rotatable bonds is 5. The number of hydrogen-bond donors (Lipinski definition) is 2. The second-order valence-electron chi connectivity index (χ2n) is 4.23. The Balaban J connectivity index is 1.94. The molecule has 2 aromatic rings. The fourth-order valence-electron chi connectivity index (χ4n) is 1.68. The Morgan fingerprint density at radius 2 is 2.35 bits per heavy atom. The first-order chi connectivity index (χ1) is 9.69. The fourth-order valence-corrected chi connectivity index (χ4v) is 3.07. The van der Waals surface area contributed by atoms with Crippen molar-refractivity contribution >= 4 is 33.2 Å². The van der Waals surface area contributed by atoms with E-state index in [9.17, 15) is 0 Å². The van der Waals surface area contributed by atoms with E-state index in [1.54, 1.807) is 17.5 Å². The molecule has 0 aromatic carbocycles. The molecule has 0 aliphatic carbocycles. The number of halogens is 1. The lowest BCUT2D eigenvalue weighted by Gasteiger charge is -2.10. The number of aromatic nitrogens is 2. The van der Waals surface area contributed by atoms with E-state index in [1.807, 2.05) is 17.8 Å². The molecule has 0 radical (unpaired) electrons. The van der Waals surface area contributed by atoms with Gasteiger partial charge in [0.15, 0.2) is 5.96 Å². The summed E-state index contributed by atoms with van der Waals surface area (Å²) in [5, 5.41) is 12.8. The standard InChI is InChI=1S/C13H18BrN5S/c1-3-15-13(16-7-11-4-5-18-19(11)2)17-8-12-6-10(14)9-20-12/h4-6,9H,3,7-8H2,1-2H3,(H2,15,16,17). The SMILES string of the molecule is CCNC(=NCc1ccnn1C)NCc1cc(Br)cs1. The molecule has 0 spiro atoms. The van der Waals surface area contributed by atoms with E-state index in [4.69, 9.17) is 0 Å². The Labute approximate surface area is 131 Å². The van der Waals surface area contributed by atoms with Crippen molar-refractivity contribution in [3.63, 3.8) is 0 Å². The number of guanidine groups is 1. The molecule has 108 valence electrons. The lowest BCUT2D eigenvalue weighted by Crippen LogP contribution is -2.36. The van der Waals surface area contributed by atoms with Gasteiger partial charge in [-0.2, -0.15) is 5.10 Å². The van der Waals surface area contributed by atoms with E-state index in [0.717, 1.165) is 29.2 Å². The van der Waals surface area contributed by atoms with Crippen LogP contribution in [-0.4, -0.2) is 22.3 Å². The average molecular weight is 356 g/mol. The zero-order valence-electron chi connectivity index (χ0n) is 11.6. The van der Waals surface area contributed by atoms with Crippen molar-refractivity contribution in [1.82, 2.24) is 20.4 Å². The van der Waals surface area contributed by atoms with Gasteiger partial charge in [-0.3, -0.25) is 4.68 Å². The van der Waals surface area contributed by atoms with E-state index in [0.29, 0.717) is 6.54 Å². The number of nitrogens with one attached hydrogen (secondary N) is 2. The number of aliphatic imine (C=N–C) groups is 1. The summed E-state index contributed by atoms with van der Waals surface area (Å²) in [4.78, 5) is 5.83. The molecule has 20 heavy (non-hydrogen) atoms. The molecule has 0 fully saturated rings. The monoisotopic (exact) mass is 355 g/mol. The van der Waals surface area contributed by atoms with Crippen LogP contribution < -0.4 is 10.6 Å². The van der Waals surface area contributed by atoms with Crippen LogP contribution in [0.15, 0.2) is 33.2 Å². The summed E-state index contributed by atoms with van der Waals surface area (Å²) in [5.74, 6) is 0.818. The summed E-state index contributed by atoms with van der Waals surface area (Å²) in [7, 11) is 1.92. The van der Waals surface area contributed by atoms with E-state index >= 15 is 0 Å². The molecule has 0 saturated carbocycles. The van der Waals surface area contributed by atoms with Gasteiger partial charge >= 0.3 is 0 Å². The topological polar surface area (TPSA) is 54.2 Å². The fraction of sp³-hybridized carbons (Fsp3) is 0.385. The van der Waals surface area contributed by atoms with Crippen molar-refractivity contribution in [1.29, 1.82) is 0 Å². The molecule has 5 nitrogen and oxygen atoms in total. The average Bonchev–Trinajstić information content (AvgIpc) is 3.02. The van der Waals surface area contributed by atoms with Crippen LogP contribution >= 0.6 is 27.3 Å². The molecular formula is C13H18BrN5S. The lowest BCUT2D eigenvalue weighted by molar-refractivity contribution is 0.707. The van der Waals surface area contributed by atoms with Gasteiger partial charge in [-0.1, -0.05) is 0 Å². The molecule has 2 rings (SSSR count). The zero-order valence-corrected chi connectivity index (χ0v) is 14.0. The van der Waals surface area contributed by atoms with Gasteiger partial charge in [-0.15, -0.1) is 11.3 Å². The molecule has 0 aliphatic rings. The molecule has 0 amide bonds. The number of hydrogen-bond acceptors (Lipinski definition) is 3. The van der Waals surface area contributed by atoms with Crippen molar-refractivity contribution in [2.75, 3.05) is 6.54 Å². The summed E-state index contributed by atoms with van der Waals surface area (Å²) in [5.41, 5.74) is 1.08. The van der Waals surface area contributed by atoms with E-state index < -0.39 is 0 Å². The number of aryl methyl sites for hydroxylation is 1. The minimum atomic E-state index is 0.611. The van der Waals surface area contributed by atoms with Crippen LogP contribution in [0.25, 0.3) is 0 Å². The van der Waals surface area contributed by atoms with Gasteiger partial charge in [0.05, 0.1) is 18.8 Å². The highest BCUT2D eigenvalue weighted by molar-refractivity contribution is 9.10. The zero-order chi connectivity index (χ0) is 14.4. The first-order valence-corrected chi connectivity index (χ1v) is 8.08. The first-order valence-electron chi connectivity index (χ1n) is 6.41. The molecule has 0 atom stereocenters. The molecule has 0 bridgehead atoms. The van der Waals surface area contributed by atoms with Crippen molar-refractivity contribution in [3.8, 4) is 0 Å². The maximum Gasteiger partial charge on any atom is 0.191 e. The minimum Gasteiger partial charge on any atom is -0.357 e. The minimum absolute atomic E-state index is 0.611. The van der Waals surface area contributed by atoms with Gasteiger partial charge in [0, 0.05) is 34.5 Å². The number of nitrogens with zero attached hydrogens (tertiary/aromatic N) is 3. The first kappa shape index (κ1) is 15.1. The molecule has 2 N–H and O–H groups in total. The Morgan fingerprint density at radius 1 is 1.50 bits per heavy atom. The van der Waals surface area contributed by atoms with Gasteiger partial charge in [-0.05, 0) is 35.0 Å². The van der Waals surface area contributed by atoms with Crippen molar-refractivity contribution < 1.29 is 0 Å². The van der Waals surface area contributed by atoms with Gasteiger partial charge < -0.3 is 10.6 Å². The maximum atomic E-state index is 4.57. The molecular weight excluding hydrogens is 338 g/mol. The van der Waals surface area contributed by atoms with Crippen LogP contribution in [0.3, 0.4) is 0 Å². The summed E-state index contributed by atoms with van der Waals surface area (Å²) in [6.07, 6.45) is 1.79. The van der Waals surface area contributed by atoms with Crippen LogP contribution in [-0.2, 0) is 20.1 Å².